The highest BCUT2D eigenvalue weighted by atomic mass is 14.5. The van der Waals surface area contributed by atoms with Crippen molar-refractivity contribution < 1.29 is 0 Å². The third-order valence-electron chi connectivity index (χ3n) is 5.49. The van der Waals surface area contributed by atoms with Crippen LogP contribution in [-0.2, 0) is 0 Å². The highest BCUT2D eigenvalue weighted by Crippen LogP contribution is 2.59. The SMILES string of the molecule is CC12C=C(c3ccccc3)[C@@](C)(C=C1c1ccccc1)CC2. The van der Waals surface area contributed by atoms with E-state index in [1.165, 1.54) is 35.1 Å². The molecule has 0 radical (unpaired) electrons. The molecular weight excluding hydrogens is 264 g/mol. The largest absolute Gasteiger partial charge is 0.0695 e. The van der Waals surface area contributed by atoms with Crippen LogP contribution in [0.2, 0.25) is 0 Å². The highest BCUT2D eigenvalue weighted by molar-refractivity contribution is 5.86. The van der Waals surface area contributed by atoms with Gasteiger partial charge in [-0.3, -0.25) is 0 Å². The van der Waals surface area contributed by atoms with Gasteiger partial charge in [-0.05, 0) is 35.1 Å². The molecular formula is C22H22. The molecule has 0 spiro atoms. The summed E-state index contributed by atoms with van der Waals surface area (Å²) < 4.78 is 0. The van der Waals surface area contributed by atoms with Crippen LogP contribution in [0.15, 0.2) is 72.8 Å². The maximum absolute atomic E-state index is 2.54. The molecule has 1 unspecified atom stereocenters. The molecule has 2 bridgehead atoms. The van der Waals surface area contributed by atoms with E-state index in [2.05, 4.69) is 86.7 Å². The molecule has 0 nitrogen and oxygen atoms in total. The van der Waals surface area contributed by atoms with E-state index < -0.39 is 0 Å². The van der Waals surface area contributed by atoms with Gasteiger partial charge in [0.2, 0.25) is 0 Å². The Kier molecular flexibility index (Phi) is 2.91. The Balaban J connectivity index is 1.85. The van der Waals surface area contributed by atoms with Gasteiger partial charge in [0.25, 0.3) is 0 Å². The minimum absolute atomic E-state index is 0.157. The summed E-state index contributed by atoms with van der Waals surface area (Å²) >= 11 is 0. The zero-order valence-electron chi connectivity index (χ0n) is 13.3. The van der Waals surface area contributed by atoms with Crippen LogP contribution < -0.4 is 0 Å². The van der Waals surface area contributed by atoms with Gasteiger partial charge in [-0.25, -0.2) is 0 Å². The smallest absolute Gasteiger partial charge is 0.0113 e. The summed E-state index contributed by atoms with van der Waals surface area (Å²) in [7, 11) is 0. The van der Waals surface area contributed by atoms with E-state index in [0.29, 0.717) is 0 Å². The number of benzene rings is 2. The van der Waals surface area contributed by atoms with Gasteiger partial charge < -0.3 is 0 Å². The lowest BCUT2D eigenvalue weighted by Crippen LogP contribution is -2.35. The Morgan fingerprint density at radius 2 is 0.955 bits per heavy atom. The van der Waals surface area contributed by atoms with Crippen LogP contribution in [0.4, 0.5) is 0 Å². The number of hydrogen-bond acceptors (Lipinski definition) is 0. The lowest BCUT2D eigenvalue weighted by Gasteiger charge is -2.49. The maximum Gasteiger partial charge on any atom is 0.0113 e. The average Bonchev–Trinajstić information content (AvgIpc) is 2.57. The topological polar surface area (TPSA) is 0 Å². The van der Waals surface area contributed by atoms with E-state index >= 15 is 0 Å². The van der Waals surface area contributed by atoms with Crippen molar-refractivity contribution in [2.24, 2.45) is 10.8 Å². The number of fused-ring (bicyclic) bond motifs is 1. The molecule has 0 saturated carbocycles. The van der Waals surface area contributed by atoms with Crippen molar-refractivity contribution in [2.75, 3.05) is 0 Å². The zero-order valence-corrected chi connectivity index (χ0v) is 13.3. The summed E-state index contributed by atoms with van der Waals surface area (Å²) in [6, 6.07) is 21.8. The molecule has 0 N–H and O–H groups in total. The van der Waals surface area contributed by atoms with Crippen molar-refractivity contribution in [1.82, 2.24) is 0 Å². The van der Waals surface area contributed by atoms with Crippen LogP contribution in [0.5, 0.6) is 0 Å². The van der Waals surface area contributed by atoms with E-state index in [1.54, 1.807) is 0 Å². The van der Waals surface area contributed by atoms with E-state index in [0.717, 1.165) is 0 Å². The zero-order chi connectivity index (χ0) is 15.2. The predicted octanol–water partition coefficient (Wildman–Crippen LogP) is 5.97. The first kappa shape index (κ1) is 13.6. The second-order valence-corrected chi connectivity index (χ2v) is 7.18. The summed E-state index contributed by atoms with van der Waals surface area (Å²) in [4.78, 5) is 0. The maximum atomic E-state index is 2.54. The number of rotatable bonds is 2. The van der Waals surface area contributed by atoms with Gasteiger partial charge in [-0.15, -0.1) is 0 Å². The van der Waals surface area contributed by atoms with Crippen LogP contribution in [-0.4, -0.2) is 0 Å². The molecule has 0 heteroatoms. The molecule has 0 aromatic heterocycles. The van der Waals surface area contributed by atoms with E-state index in [9.17, 15) is 0 Å². The molecule has 0 heterocycles. The molecule has 2 atom stereocenters. The van der Waals surface area contributed by atoms with Crippen molar-refractivity contribution in [1.29, 1.82) is 0 Å². The Bertz CT molecular complexity index is 684. The van der Waals surface area contributed by atoms with Crippen LogP contribution in [0, 0.1) is 10.8 Å². The quantitative estimate of drug-likeness (QED) is 0.637. The van der Waals surface area contributed by atoms with Crippen LogP contribution in [0.3, 0.4) is 0 Å². The molecule has 3 aliphatic carbocycles. The third kappa shape index (κ3) is 1.98. The summed E-state index contributed by atoms with van der Waals surface area (Å²) in [5.74, 6) is 0. The molecule has 0 fully saturated rings. The first-order valence-electron chi connectivity index (χ1n) is 8.18. The van der Waals surface area contributed by atoms with Gasteiger partial charge in [0.1, 0.15) is 0 Å². The van der Waals surface area contributed by atoms with E-state index in [1.807, 2.05) is 0 Å². The normalized spacial score (nSPS) is 29.9. The van der Waals surface area contributed by atoms with Gasteiger partial charge in [0, 0.05) is 10.8 Å². The average molecular weight is 286 g/mol. The molecule has 5 rings (SSSR count). The third-order valence-corrected chi connectivity index (χ3v) is 5.49. The van der Waals surface area contributed by atoms with Crippen LogP contribution in [0.1, 0.15) is 37.8 Å². The molecule has 0 aliphatic heterocycles. The van der Waals surface area contributed by atoms with Crippen LogP contribution in [0.25, 0.3) is 11.1 Å². The van der Waals surface area contributed by atoms with Gasteiger partial charge in [-0.1, -0.05) is 86.7 Å². The monoisotopic (exact) mass is 286 g/mol. The summed E-state index contributed by atoms with van der Waals surface area (Å²) in [5.41, 5.74) is 6.07. The minimum atomic E-state index is 0.157. The summed E-state index contributed by atoms with van der Waals surface area (Å²) in [6.07, 6.45) is 7.55. The Labute approximate surface area is 133 Å². The predicted molar refractivity (Wildman–Crippen MR) is 94.3 cm³/mol. The van der Waals surface area contributed by atoms with Gasteiger partial charge in [-0.2, -0.15) is 0 Å². The molecule has 2 aromatic carbocycles. The van der Waals surface area contributed by atoms with E-state index in [4.69, 9.17) is 0 Å². The van der Waals surface area contributed by atoms with Crippen LogP contribution >= 0.6 is 0 Å². The van der Waals surface area contributed by atoms with Crippen molar-refractivity contribution >= 4 is 11.1 Å². The molecule has 2 aromatic rings. The van der Waals surface area contributed by atoms with Gasteiger partial charge in [0.15, 0.2) is 0 Å². The van der Waals surface area contributed by atoms with Gasteiger partial charge in [0.05, 0.1) is 0 Å². The fourth-order valence-electron chi connectivity index (χ4n) is 4.12. The Morgan fingerprint density at radius 1 is 0.591 bits per heavy atom. The number of allylic oxidation sites excluding steroid dienone is 4. The Morgan fingerprint density at radius 3 is 1.32 bits per heavy atom. The fourth-order valence-corrected chi connectivity index (χ4v) is 4.12. The first-order chi connectivity index (χ1) is 10.6. The minimum Gasteiger partial charge on any atom is -0.0695 e. The van der Waals surface area contributed by atoms with Gasteiger partial charge >= 0.3 is 0 Å². The van der Waals surface area contributed by atoms with Crippen molar-refractivity contribution in [3.8, 4) is 0 Å². The fraction of sp³-hybridized carbons (Fsp3) is 0.273. The second-order valence-electron chi connectivity index (χ2n) is 7.18. The summed E-state index contributed by atoms with van der Waals surface area (Å²) in [6.45, 7) is 4.79. The molecule has 22 heavy (non-hydrogen) atoms. The highest BCUT2D eigenvalue weighted by Gasteiger charge is 2.45. The first-order valence-corrected chi connectivity index (χ1v) is 8.18. The van der Waals surface area contributed by atoms with Crippen molar-refractivity contribution in [3.05, 3.63) is 83.9 Å². The lowest BCUT2D eigenvalue weighted by molar-refractivity contribution is 0.350. The standard InChI is InChI=1S/C22H22/c1-21-13-14-22(2,16-19(21)17-9-5-3-6-10-17)20(15-21)18-11-7-4-8-12-18/h3-12,15-16H,13-14H2,1-2H3/t21-,22?/m1/s1. The van der Waals surface area contributed by atoms with E-state index in [-0.39, 0.29) is 10.8 Å². The Hall–Kier alpha value is -2.08. The molecule has 3 aliphatic rings. The van der Waals surface area contributed by atoms with Crippen molar-refractivity contribution in [2.45, 2.75) is 26.7 Å². The summed E-state index contributed by atoms with van der Waals surface area (Å²) in [5, 5.41) is 0. The van der Waals surface area contributed by atoms with Crippen molar-refractivity contribution in [3.63, 3.8) is 0 Å². The molecule has 0 saturated heterocycles. The second kappa shape index (κ2) is 4.71. The lowest BCUT2D eigenvalue weighted by atomic mass is 9.55. The molecule has 110 valence electrons. The number of hydrogen-bond donors (Lipinski definition) is 0. The molecule has 0 amide bonds.